The smallest absolute Gasteiger partial charge is 0.119 e. The number of aromatic hydroxyl groups is 1. The molecule has 0 aromatic heterocycles. The Morgan fingerprint density at radius 3 is 2.86 bits per heavy atom. The lowest BCUT2D eigenvalue weighted by molar-refractivity contribution is 0.469. The lowest BCUT2D eigenvalue weighted by atomic mass is 9.91. The molecule has 0 spiro atoms. The molecule has 2 atom stereocenters. The number of nitrogens with zero attached hydrogens (tertiary/aromatic N) is 1. The zero-order valence-corrected chi connectivity index (χ0v) is 12.4. The van der Waals surface area contributed by atoms with Crippen molar-refractivity contribution in [1.82, 2.24) is 0 Å². The average molecular weight is 279 g/mol. The fourth-order valence-corrected chi connectivity index (χ4v) is 4.07. The molecule has 108 valence electrons. The van der Waals surface area contributed by atoms with Crippen LogP contribution < -0.4 is 4.90 Å². The van der Waals surface area contributed by atoms with E-state index in [1.165, 1.54) is 23.2 Å². The summed E-state index contributed by atoms with van der Waals surface area (Å²) in [7, 11) is 0. The molecule has 2 aromatic carbocycles. The summed E-state index contributed by atoms with van der Waals surface area (Å²) in [5, 5.41) is 10.1. The molecule has 4 rings (SSSR count). The molecule has 1 N–H and O–H groups in total. The van der Waals surface area contributed by atoms with Crippen molar-refractivity contribution in [1.29, 1.82) is 0 Å². The van der Waals surface area contributed by atoms with E-state index in [0.717, 1.165) is 24.9 Å². The monoisotopic (exact) mass is 279 g/mol. The van der Waals surface area contributed by atoms with E-state index in [1.807, 2.05) is 12.1 Å². The van der Waals surface area contributed by atoms with Crippen molar-refractivity contribution >= 4 is 5.69 Å². The third-order valence-electron chi connectivity index (χ3n) is 4.97. The zero-order valence-electron chi connectivity index (χ0n) is 12.4. The van der Waals surface area contributed by atoms with E-state index in [1.54, 1.807) is 0 Å². The van der Waals surface area contributed by atoms with Crippen LogP contribution in [-0.2, 0) is 12.8 Å². The minimum atomic E-state index is 0.413. The van der Waals surface area contributed by atoms with Crippen LogP contribution in [0, 0.1) is 5.92 Å². The van der Waals surface area contributed by atoms with Gasteiger partial charge in [0.05, 0.1) is 6.04 Å². The van der Waals surface area contributed by atoms with Gasteiger partial charge in [-0.2, -0.15) is 0 Å². The first-order valence-electron chi connectivity index (χ1n) is 7.89. The summed E-state index contributed by atoms with van der Waals surface area (Å²) in [4.78, 5) is 2.56. The molecule has 0 amide bonds. The standard InChI is InChI=1S/C19H21NO/c1-13-11-14-5-2-3-7-17(14)20(12-13)18-10-9-16-15(18)6-4-8-19(16)21/h2-8,13,18,21H,9-12H2,1H3. The van der Waals surface area contributed by atoms with Gasteiger partial charge in [0.15, 0.2) is 0 Å². The average Bonchev–Trinajstić information content (AvgIpc) is 2.91. The van der Waals surface area contributed by atoms with Crippen LogP contribution in [0.5, 0.6) is 5.75 Å². The van der Waals surface area contributed by atoms with Gasteiger partial charge in [-0.1, -0.05) is 37.3 Å². The molecule has 0 saturated heterocycles. The van der Waals surface area contributed by atoms with E-state index in [2.05, 4.69) is 42.2 Å². The molecule has 0 saturated carbocycles. The van der Waals surface area contributed by atoms with Crippen LogP contribution in [0.1, 0.15) is 36.1 Å². The Morgan fingerprint density at radius 2 is 1.95 bits per heavy atom. The molecule has 1 heterocycles. The third kappa shape index (κ3) is 2.01. The number of hydrogen-bond acceptors (Lipinski definition) is 2. The van der Waals surface area contributed by atoms with Crippen molar-refractivity contribution < 1.29 is 5.11 Å². The largest absolute Gasteiger partial charge is 0.508 e. The van der Waals surface area contributed by atoms with Crippen molar-refractivity contribution in [3.05, 3.63) is 59.2 Å². The van der Waals surface area contributed by atoms with Crippen molar-refractivity contribution in [3.63, 3.8) is 0 Å². The Labute approximate surface area is 126 Å². The first-order valence-corrected chi connectivity index (χ1v) is 7.89. The van der Waals surface area contributed by atoms with Gasteiger partial charge in [-0.25, -0.2) is 0 Å². The second-order valence-corrected chi connectivity index (χ2v) is 6.49. The molecule has 1 aliphatic heterocycles. The summed E-state index contributed by atoms with van der Waals surface area (Å²) in [6, 6.07) is 15.2. The van der Waals surface area contributed by atoms with Crippen molar-refractivity contribution in [2.45, 2.75) is 32.2 Å². The van der Waals surface area contributed by atoms with Crippen LogP contribution in [-0.4, -0.2) is 11.7 Å². The van der Waals surface area contributed by atoms with Gasteiger partial charge in [0.1, 0.15) is 5.75 Å². The first kappa shape index (κ1) is 12.8. The summed E-state index contributed by atoms with van der Waals surface area (Å²) < 4.78 is 0. The molecule has 21 heavy (non-hydrogen) atoms. The molecule has 2 heteroatoms. The SMILES string of the molecule is CC1Cc2ccccc2N(C2CCc3c(O)cccc32)C1. The fourth-order valence-electron chi connectivity index (χ4n) is 4.07. The maximum absolute atomic E-state index is 10.1. The third-order valence-corrected chi connectivity index (χ3v) is 4.97. The summed E-state index contributed by atoms with van der Waals surface area (Å²) in [5.74, 6) is 1.15. The van der Waals surface area contributed by atoms with Gasteiger partial charge in [0.2, 0.25) is 0 Å². The molecular weight excluding hydrogens is 258 g/mol. The number of rotatable bonds is 1. The highest BCUT2D eigenvalue weighted by atomic mass is 16.3. The predicted octanol–water partition coefficient (Wildman–Crippen LogP) is 4.08. The molecule has 2 nitrogen and oxygen atoms in total. The van der Waals surface area contributed by atoms with Gasteiger partial charge >= 0.3 is 0 Å². The van der Waals surface area contributed by atoms with Crippen LogP contribution in [0.25, 0.3) is 0 Å². The maximum Gasteiger partial charge on any atom is 0.119 e. The number of phenolic OH excluding ortho intramolecular Hbond substituents is 1. The van der Waals surface area contributed by atoms with Crippen LogP contribution >= 0.6 is 0 Å². The zero-order chi connectivity index (χ0) is 14.4. The highest BCUT2D eigenvalue weighted by molar-refractivity contribution is 5.59. The summed E-state index contributed by atoms with van der Waals surface area (Å²) in [5.41, 5.74) is 5.32. The minimum absolute atomic E-state index is 0.413. The minimum Gasteiger partial charge on any atom is -0.508 e. The van der Waals surface area contributed by atoms with Crippen molar-refractivity contribution in [3.8, 4) is 5.75 Å². The lowest BCUT2D eigenvalue weighted by Gasteiger charge is -2.39. The summed E-state index contributed by atoms with van der Waals surface area (Å²) in [6.07, 6.45) is 3.26. The predicted molar refractivity (Wildman–Crippen MR) is 85.8 cm³/mol. The first-order chi connectivity index (χ1) is 10.2. The van der Waals surface area contributed by atoms with Crippen LogP contribution in [0.4, 0.5) is 5.69 Å². The number of para-hydroxylation sites is 1. The van der Waals surface area contributed by atoms with Crippen LogP contribution in [0.15, 0.2) is 42.5 Å². The summed E-state index contributed by atoms with van der Waals surface area (Å²) in [6.45, 7) is 3.44. The molecule has 2 aliphatic rings. The van der Waals surface area contributed by atoms with Gasteiger partial charge in [0, 0.05) is 12.2 Å². The van der Waals surface area contributed by atoms with Crippen molar-refractivity contribution in [2.24, 2.45) is 5.92 Å². The molecule has 2 unspecified atom stereocenters. The number of phenols is 1. The van der Waals surface area contributed by atoms with Gasteiger partial charge in [-0.05, 0) is 54.0 Å². The van der Waals surface area contributed by atoms with Gasteiger partial charge in [-0.15, -0.1) is 0 Å². The second-order valence-electron chi connectivity index (χ2n) is 6.49. The van der Waals surface area contributed by atoms with Gasteiger partial charge < -0.3 is 10.0 Å². The maximum atomic E-state index is 10.1. The normalized spacial score (nSPS) is 23.8. The summed E-state index contributed by atoms with van der Waals surface area (Å²) >= 11 is 0. The van der Waals surface area contributed by atoms with E-state index in [0.29, 0.717) is 17.7 Å². The van der Waals surface area contributed by atoms with Gasteiger partial charge in [0.25, 0.3) is 0 Å². The molecule has 0 bridgehead atoms. The van der Waals surface area contributed by atoms with Crippen LogP contribution in [0.2, 0.25) is 0 Å². The Hall–Kier alpha value is -1.96. The van der Waals surface area contributed by atoms with Crippen molar-refractivity contribution in [2.75, 3.05) is 11.4 Å². The Balaban J connectivity index is 1.78. The van der Waals surface area contributed by atoms with E-state index in [9.17, 15) is 5.11 Å². The Bertz CT molecular complexity index is 679. The molecule has 2 aromatic rings. The topological polar surface area (TPSA) is 23.5 Å². The highest BCUT2D eigenvalue weighted by Gasteiger charge is 2.33. The second kappa shape index (κ2) is 4.80. The lowest BCUT2D eigenvalue weighted by Crippen LogP contribution is -2.36. The number of fused-ring (bicyclic) bond motifs is 2. The molecule has 0 radical (unpaired) electrons. The van der Waals surface area contributed by atoms with Crippen LogP contribution in [0.3, 0.4) is 0 Å². The number of benzene rings is 2. The van der Waals surface area contributed by atoms with E-state index in [4.69, 9.17) is 0 Å². The van der Waals surface area contributed by atoms with E-state index < -0.39 is 0 Å². The Kier molecular flexibility index (Phi) is 2.91. The molecule has 1 aliphatic carbocycles. The highest BCUT2D eigenvalue weighted by Crippen LogP contribution is 2.44. The Morgan fingerprint density at radius 1 is 1.10 bits per heavy atom. The number of hydrogen-bond donors (Lipinski definition) is 1. The number of anilines is 1. The van der Waals surface area contributed by atoms with E-state index in [-0.39, 0.29) is 0 Å². The fraction of sp³-hybridized carbons (Fsp3) is 0.368. The van der Waals surface area contributed by atoms with E-state index >= 15 is 0 Å². The molecular formula is C19H21NO. The molecule has 0 fully saturated rings. The van der Waals surface area contributed by atoms with Gasteiger partial charge in [-0.3, -0.25) is 0 Å². The quantitative estimate of drug-likeness (QED) is 0.850.